The number of hydrogen-bond donors (Lipinski definition) is 1. The van der Waals surface area contributed by atoms with E-state index in [4.69, 9.17) is 4.98 Å². The summed E-state index contributed by atoms with van der Waals surface area (Å²) in [6.07, 6.45) is 1.56. The number of ketones is 1. The molecule has 1 heterocycles. The molecule has 0 aliphatic heterocycles. The van der Waals surface area contributed by atoms with E-state index in [1.54, 1.807) is 0 Å². The summed E-state index contributed by atoms with van der Waals surface area (Å²) in [5.74, 6) is 1.07. The average Bonchev–Trinajstić information content (AvgIpc) is 3.19. The topological polar surface area (TPSA) is 45.8 Å². The molecule has 0 amide bonds. The normalized spacial score (nSPS) is 10.7. The van der Waals surface area contributed by atoms with Gasteiger partial charge in [-0.25, -0.2) is 4.98 Å². The van der Waals surface area contributed by atoms with Crippen LogP contribution in [0.3, 0.4) is 0 Å². The third kappa shape index (κ3) is 4.26. The monoisotopic (exact) mass is 366 g/mol. The lowest BCUT2D eigenvalue weighted by molar-refractivity contribution is -0.118. The van der Waals surface area contributed by atoms with Crippen molar-refractivity contribution in [1.82, 2.24) is 9.97 Å². The standard InChI is InChI=1S/C25H22N2O/c28-22(18-19-10-4-1-5-11-19)16-17-23-26-24(20-12-6-2-7-13-20)25(27-23)21-14-8-3-9-15-21/h1-15H,16-18H2,(H,26,27). The van der Waals surface area contributed by atoms with Crippen LogP contribution in [-0.4, -0.2) is 15.8 Å². The molecule has 28 heavy (non-hydrogen) atoms. The molecule has 138 valence electrons. The van der Waals surface area contributed by atoms with Crippen LogP contribution in [0.2, 0.25) is 0 Å². The van der Waals surface area contributed by atoms with Crippen molar-refractivity contribution in [3.63, 3.8) is 0 Å². The number of rotatable bonds is 7. The fourth-order valence-electron chi connectivity index (χ4n) is 3.33. The highest BCUT2D eigenvalue weighted by Crippen LogP contribution is 2.30. The van der Waals surface area contributed by atoms with Gasteiger partial charge in [0.15, 0.2) is 0 Å². The maximum absolute atomic E-state index is 12.4. The van der Waals surface area contributed by atoms with Gasteiger partial charge in [0, 0.05) is 30.4 Å². The average molecular weight is 366 g/mol. The lowest BCUT2D eigenvalue weighted by atomic mass is 10.1. The van der Waals surface area contributed by atoms with E-state index >= 15 is 0 Å². The van der Waals surface area contributed by atoms with Crippen molar-refractivity contribution in [1.29, 1.82) is 0 Å². The lowest BCUT2D eigenvalue weighted by Gasteiger charge is -2.02. The molecular weight excluding hydrogens is 344 g/mol. The fraction of sp³-hybridized carbons (Fsp3) is 0.120. The zero-order chi connectivity index (χ0) is 19.2. The van der Waals surface area contributed by atoms with Crippen LogP contribution in [0.15, 0.2) is 91.0 Å². The number of carbonyl (C=O) groups is 1. The Bertz CT molecular complexity index is 981. The van der Waals surface area contributed by atoms with Crippen LogP contribution in [0.4, 0.5) is 0 Å². The van der Waals surface area contributed by atoms with Crippen LogP contribution in [-0.2, 0) is 17.6 Å². The highest BCUT2D eigenvalue weighted by Gasteiger charge is 2.14. The second kappa shape index (κ2) is 8.49. The third-order valence-electron chi connectivity index (χ3n) is 4.75. The van der Waals surface area contributed by atoms with E-state index < -0.39 is 0 Å². The van der Waals surface area contributed by atoms with Crippen molar-refractivity contribution < 1.29 is 4.79 Å². The van der Waals surface area contributed by atoms with Crippen molar-refractivity contribution in [3.05, 3.63) is 102 Å². The van der Waals surface area contributed by atoms with Crippen LogP contribution < -0.4 is 0 Å². The number of nitrogens with one attached hydrogen (secondary N) is 1. The summed E-state index contributed by atoms with van der Waals surface area (Å²) in [7, 11) is 0. The molecule has 1 aromatic heterocycles. The van der Waals surface area contributed by atoms with Gasteiger partial charge in [-0.2, -0.15) is 0 Å². The summed E-state index contributed by atoms with van der Waals surface area (Å²) in [6.45, 7) is 0. The third-order valence-corrected chi connectivity index (χ3v) is 4.75. The molecule has 0 radical (unpaired) electrons. The lowest BCUT2D eigenvalue weighted by Crippen LogP contribution is -2.05. The van der Waals surface area contributed by atoms with Crippen molar-refractivity contribution >= 4 is 5.78 Å². The number of hydrogen-bond acceptors (Lipinski definition) is 2. The molecule has 3 nitrogen and oxygen atoms in total. The smallest absolute Gasteiger partial charge is 0.137 e. The van der Waals surface area contributed by atoms with Gasteiger partial charge < -0.3 is 4.98 Å². The van der Waals surface area contributed by atoms with Crippen molar-refractivity contribution in [3.8, 4) is 22.5 Å². The molecular formula is C25H22N2O. The van der Waals surface area contributed by atoms with E-state index in [1.165, 1.54) is 0 Å². The number of benzene rings is 3. The highest BCUT2D eigenvalue weighted by molar-refractivity contribution is 5.81. The number of Topliss-reactive ketones (excluding diaryl/α,β-unsaturated/α-hetero) is 1. The molecule has 3 aromatic carbocycles. The SMILES string of the molecule is O=C(CCc1nc(-c2ccccc2)c(-c2ccccc2)[nH]1)Cc1ccccc1. The quantitative estimate of drug-likeness (QED) is 0.470. The summed E-state index contributed by atoms with van der Waals surface area (Å²) >= 11 is 0. The van der Waals surface area contributed by atoms with Gasteiger partial charge in [-0.3, -0.25) is 4.79 Å². The van der Waals surface area contributed by atoms with Gasteiger partial charge in [-0.1, -0.05) is 91.0 Å². The maximum Gasteiger partial charge on any atom is 0.137 e. The van der Waals surface area contributed by atoms with Crippen molar-refractivity contribution in [2.75, 3.05) is 0 Å². The van der Waals surface area contributed by atoms with Crippen LogP contribution in [0.5, 0.6) is 0 Å². The predicted molar refractivity (Wildman–Crippen MR) is 113 cm³/mol. The maximum atomic E-state index is 12.4. The van der Waals surface area contributed by atoms with Gasteiger partial charge in [0.05, 0.1) is 11.4 Å². The Kier molecular flexibility index (Phi) is 5.43. The molecule has 4 aromatic rings. The molecule has 0 saturated heterocycles. The molecule has 0 atom stereocenters. The largest absolute Gasteiger partial charge is 0.341 e. The number of imidazole rings is 1. The Labute approximate surface area is 165 Å². The fourth-order valence-corrected chi connectivity index (χ4v) is 3.33. The first kappa shape index (κ1) is 17.9. The Hall–Kier alpha value is -3.46. The number of aromatic nitrogens is 2. The summed E-state index contributed by atoms with van der Waals surface area (Å²) in [6, 6.07) is 30.2. The van der Waals surface area contributed by atoms with Crippen LogP contribution in [0.1, 0.15) is 17.8 Å². The zero-order valence-electron chi connectivity index (χ0n) is 15.6. The molecule has 1 N–H and O–H groups in total. The number of carbonyl (C=O) groups excluding carboxylic acids is 1. The van der Waals surface area contributed by atoms with Gasteiger partial charge in [-0.05, 0) is 5.56 Å². The molecule has 0 fully saturated rings. The van der Waals surface area contributed by atoms with Crippen molar-refractivity contribution in [2.24, 2.45) is 0 Å². The molecule has 4 rings (SSSR count). The summed E-state index contributed by atoms with van der Waals surface area (Å²) < 4.78 is 0. The minimum Gasteiger partial charge on any atom is -0.341 e. The highest BCUT2D eigenvalue weighted by atomic mass is 16.1. The van der Waals surface area contributed by atoms with Crippen LogP contribution in [0.25, 0.3) is 22.5 Å². The number of aromatic amines is 1. The zero-order valence-corrected chi connectivity index (χ0v) is 15.6. The first-order valence-corrected chi connectivity index (χ1v) is 9.55. The Morgan fingerprint density at radius 2 is 1.32 bits per heavy atom. The van der Waals surface area contributed by atoms with Crippen LogP contribution in [0, 0.1) is 0 Å². The second-order valence-corrected chi connectivity index (χ2v) is 6.84. The van der Waals surface area contributed by atoms with E-state index in [9.17, 15) is 4.79 Å². The van der Waals surface area contributed by atoms with Gasteiger partial charge in [0.25, 0.3) is 0 Å². The second-order valence-electron chi connectivity index (χ2n) is 6.84. The molecule has 0 aliphatic rings. The minimum absolute atomic E-state index is 0.227. The summed E-state index contributed by atoms with van der Waals surface area (Å²) in [5, 5.41) is 0. The molecule has 0 saturated carbocycles. The van der Waals surface area contributed by atoms with Gasteiger partial charge in [-0.15, -0.1) is 0 Å². The van der Waals surface area contributed by atoms with Gasteiger partial charge in [0.2, 0.25) is 0 Å². The Morgan fingerprint density at radius 3 is 1.96 bits per heavy atom. The molecule has 3 heteroatoms. The first-order valence-electron chi connectivity index (χ1n) is 9.55. The molecule has 0 unspecified atom stereocenters. The van der Waals surface area contributed by atoms with E-state index in [0.29, 0.717) is 19.3 Å². The number of H-pyrrole nitrogens is 1. The van der Waals surface area contributed by atoms with E-state index in [0.717, 1.165) is 33.9 Å². The summed E-state index contributed by atoms with van der Waals surface area (Å²) in [4.78, 5) is 20.7. The minimum atomic E-state index is 0.227. The van der Waals surface area contributed by atoms with E-state index in [1.807, 2.05) is 66.7 Å². The van der Waals surface area contributed by atoms with Crippen LogP contribution >= 0.6 is 0 Å². The molecule has 0 spiro atoms. The predicted octanol–water partition coefficient (Wildman–Crippen LogP) is 5.49. The Morgan fingerprint density at radius 1 is 0.750 bits per heavy atom. The van der Waals surface area contributed by atoms with Crippen molar-refractivity contribution in [2.45, 2.75) is 19.3 Å². The van der Waals surface area contributed by atoms with Gasteiger partial charge >= 0.3 is 0 Å². The molecule has 0 bridgehead atoms. The molecule has 0 aliphatic carbocycles. The van der Waals surface area contributed by atoms with E-state index in [2.05, 4.69) is 29.2 Å². The first-order chi connectivity index (χ1) is 13.8. The number of nitrogens with zero attached hydrogens (tertiary/aromatic N) is 1. The van der Waals surface area contributed by atoms with Gasteiger partial charge in [0.1, 0.15) is 11.6 Å². The van der Waals surface area contributed by atoms with E-state index in [-0.39, 0.29) is 5.78 Å². The number of aryl methyl sites for hydroxylation is 1. The summed E-state index contributed by atoms with van der Waals surface area (Å²) in [5.41, 5.74) is 5.15. The Balaban J connectivity index is 1.55.